The lowest BCUT2D eigenvalue weighted by atomic mass is 9.93. The average molecular weight is 347 g/mol. The van der Waals surface area contributed by atoms with Gasteiger partial charge in [-0.25, -0.2) is 0 Å². The van der Waals surface area contributed by atoms with Gasteiger partial charge in [0.1, 0.15) is 0 Å². The minimum absolute atomic E-state index is 0.127. The molecule has 1 aromatic rings. The molecule has 5 heteroatoms. The second kappa shape index (κ2) is 10.3. The van der Waals surface area contributed by atoms with Crippen LogP contribution < -0.4 is 16.0 Å². The third-order valence-corrected chi connectivity index (χ3v) is 4.76. The van der Waals surface area contributed by atoms with Crippen LogP contribution in [0, 0.1) is 5.92 Å². The van der Waals surface area contributed by atoms with Gasteiger partial charge in [-0.2, -0.15) is 0 Å². The van der Waals surface area contributed by atoms with Crippen LogP contribution >= 0.6 is 0 Å². The van der Waals surface area contributed by atoms with Gasteiger partial charge in [-0.1, -0.05) is 32.0 Å². The molecular weight excluding hydrogens is 312 g/mol. The highest BCUT2D eigenvalue weighted by molar-refractivity contribution is 5.80. The molecule has 5 nitrogen and oxygen atoms in total. The van der Waals surface area contributed by atoms with Crippen molar-refractivity contribution >= 4 is 11.6 Å². The number of hydrogen-bond acceptors (Lipinski definition) is 3. The Labute approximate surface area is 152 Å². The topological polar surface area (TPSA) is 68.7 Å². The summed E-state index contributed by atoms with van der Waals surface area (Å²) in [5, 5.41) is 20.1. The lowest BCUT2D eigenvalue weighted by Crippen LogP contribution is -2.46. The van der Waals surface area contributed by atoms with E-state index in [9.17, 15) is 5.11 Å². The summed E-state index contributed by atoms with van der Waals surface area (Å²) in [6, 6.07) is 11.0. The fraction of sp³-hybridized carbons (Fsp3) is 0.650. The van der Waals surface area contributed by atoms with Crippen molar-refractivity contribution in [1.82, 2.24) is 10.6 Å². The molecule has 0 spiro atoms. The second-order valence-corrected chi connectivity index (χ2v) is 7.23. The molecule has 2 rings (SSSR count). The van der Waals surface area contributed by atoms with Gasteiger partial charge in [-0.05, 0) is 50.7 Å². The zero-order chi connectivity index (χ0) is 18.1. The van der Waals surface area contributed by atoms with E-state index >= 15 is 0 Å². The first-order valence-corrected chi connectivity index (χ1v) is 9.63. The van der Waals surface area contributed by atoms with Crippen LogP contribution in [0.5, 0.6) is 0 Å². The summed E-state index contributed by atoms with van der Waals surface area (Å²) in [5.41, 5.74) is 1.13. The molecule has 1 aliphatic rings. The summed E-state index contributed by atoms with van der Waals surface area (Å²) in [4.78, 5) is 4.81. The normalized spacial score (nSPS) is 22.5. The first-order valence-electron chi connectivity index (χ1n) is 9.63. The number of anilines is 1. The van der Waals surface area contributed by atoms with E-state index in [-0.39, 0.29) is 12.1 Å². The highest BCUT2D eigenvalue weighted by Gasteiger charge is 2.20. The number of benzene rings is 1. The van der Waals surface area contributed by atoms with Gasteiger partial charge in [0.25, 0.3) is 0 Å². The maximum Gasteiger partial charge on any atom is 0.191 e. The molecule has 1 aliphatic carbocycles. The summed E-state index contributed by atoms with van der Waals surface area (Å²) in [5.74, 6) is 1.36. The Morgan fingerprint density at radius 3 is 2.44 bits per heavy atom. The molecule has 0 amide bonds. The van der Waals surface area contributed by atoms with Crippen molar-refractivity contribution in [3.8, 4) is 0 Å². The molecule has 1 unspecified atom stereocenters. The number of hydrogen-bond donors (Lipinski definition) is 4. The predicted octanol–water partition coefficient (Wildman–Crippen LogP) is 2.98. The molecule has 140 valence electrons. The van der Waals surface area contributed by atoms with Crippen molar-refractivity contribution in [3.05, 3.63) is 30.3 Å². The van der Waals surface area contributed by atoms with Gasteiger partial charge in [0.05, 0.1) is 12.6 Å². The lowest BCUT2D eigenvalue weighted by Gasteiger charge is -2.28. The van der Waals surface area contributed by atoms with E-state index in [1.807, 2.05) is 18.2 Å². The minimum atomic E-state index is -0.127. The average Bonchev–Trinajstić information content (AvgIpc) is 2.61. The number of aliphatic hydroxyl groups is 1. The number of nitrogens with one attached hydrogen (secondary N) is 3. The van der Waals surface area contributed by atoms with Crippen LogP contribution in [0.2, 0.25) is 0 Å². The smallest absolute Gasteiger partial charge is 0.191 e. The van der Waals surface area contributed by atoms with E-state index in [1.165, 1.54) is 0 Å². The summed E-state index contributed by atoms with van der Waals surface area (Å²) < 4.78 is 0. The second-order valence-electron chi connectivity index (χ2n) is 7.23. The number of nitrogens with zero attached hydrogens (tertiary/aromatic N) is 1. The largest absolute Gasteiger partial charge is 0.393 e. The van der Waals surface area contributed by atoms with Gasteiger partial charge in [0.2, 0.25) is 0 Å². The van der Waals surface area contributed by atoms with Gasteiger partial charge in [-0.15, -0.1) is 0 Å². The quantitative estimate of drug-likeness (QED) is 0.453. The highest BCUT2D eigenvalue weighted by Crippen LogP contribution is 2.18. The first-order chi connectivity index (χ1) is 12.1. The predicted molar refractivity (Wildman–Crippen MR) is 106 cm³/mol. The molecule has 0 bridgehead atoms. The molecule has 0 radical (unpaired) electrons. The van der Waals surface area contributed by atoms with E-state index in [4.69, 9.17) is 4.99 Å². The molecule has 4 N–H and O–H groups in total. The zero-order valence-corrected chi connectivity index (χ0v) is 15.8. The van der Waals surface area contributed by atoms with Crippen molar-refractivity contribution < 1.29 is 5.11 Å². The summed E-state index contributed by atoms with van der Waals surface area (Å²) in [6.45, 7) is 8.10. The van der Waals surface area contributed by atoms with E-state index in [0.29, 0.717) is 12.0 Å². The highest BCUT2D eigenvalue weighted by atomic mass is 16.3. The number of rotatable bonds is 7. The molecule has 1 saturated carbocycles. The van der Waals surface area contributed by atoms with Crippen molar-refractivity contribution in [1.29, 1.82) is 0 Å². The Bertz CT molecular complexity index is 510. The van der Waals surface area contributed by atoms with Crippen molar-refractivity contribution in [2.24, 2.45) is 10.9 Å². The third kappa shape index (κ3) is 6.94. The van der Waals surface area contributed by atoms with Gasteiger partial charge in [0, 0.05) is 24.3 Å². The molecule has 0 aromatic heterocycles. The number of guanidine groups is 1. The van der Waals surface area contributed by atoms with Crippen LogP contribution in [-0.2, 0) is 0 Å². The molecule has 1 fully saturated rings. The molecule has 1 atom stereocenters. The summed E-state index contributed by atoms with van der Waals surface area (Å²) in [6.07, 6.45) is 3.63. The molecule has 0 saturated heterocycles. The van der Waals surface area contributed by atoms with Crippen LogP contribution in [-0.4, -0.2) is 42.3 Å². The van der Waals surface area contributed by atoms with E-state index in [1.54, 1.807) is 0 Å². The maximum absolute atomic E-state index is 9.66. The number of para-hydroxylation sites is 1. The van der Waals surface area contributed by atoms with E-state index in [2.05, 4.69) is 48.9 Å². The van der Waals surface area contributed by atoms with Gasteiger partial charge in [-0.3, -0.25) is 4.99 Å². The Balaban J connectivity index is 1.94. The SMILES string of the molecule is CCNC(=NCC(Nc1ccccc1)C(C)C)NC1CCC(O)CC1. The van der Waals surface area contributed by atoms with Gasteiger partial charge < -0.3 is 21.1 Å². The van der Waals surface area contributed by atoms with Gasteiger partial charge >= 0.3 is 0 Å². The van der Waals surface area contributed by atoms with Gasteiger partial charge in [0.15, 0.2) is 5.96 Å². The van der Waals surface area contributed by atoms with Crippen LogP contribution in [0.25, 0.3) is 0 Å². The van der Waals surface area contributed by atoms with Crippen molar-refractivity contribution in [2.45, 2.75) is 64.6 Å². The van der Waals surface area contributed by atoms with E-state index < -0.39 is 0 Å². The molecular formula is C20H34N4O. The summed E-state index contributed by atoms with van der Waals surface area (Å²) in [7, 11) is 0. The Hall–Kier alpha value is -1.75. The maximum atomic E-state index is 9.66. The Morgan fingerprint density at radius 1 is 1.16 bits per heavy atom. The molecule has 1 aromatic carbocycles. The van der Waals surface area contributed by atoms with Crippen molar-refractivity contribution in [2.75, 3.05) is 18.4 Å². The Kier molecular flexibility index (Phi) is 8.06. The molecule has 0 aliphatic heterocycles. The van der Waals surface area contributed by atoms with Crippen LogP contribution in [0.3, 0.4) is 0 Å². The third-order valence-electron chi connectivity index (χ3n) is 4.76. The molecule has 25 heavy (non-hydrogen) atoms. The summed E-state index contributed by atoms with van der Waals surface area (Å²) >= 11 is 0. The number of aliphatic imine (C=N–C) groups is 1. The van der Waals surface area contributed by atoms with Crippen molar-refractivity contribution in [3.63, 3.8) is 0 Å². The van der Waals surface area contributed by atoms with Crippen LogP contribution in [0.4, 0.5) is 5.69 Å². The Morgan fingerprint density at radius 2 is 1.84 bits per heavy atom. The van der Waals surface area contributed by atoms with Crippen LogP contribution in [0.15, 0.2) is 35.3 Å². The zero-order valence-electron chi connectivity index (χ0n) is 15.8. The monoisotopic (exact) mass is 346 g/mol. The first kappa shape index (κ1) is 19.6. The van der Waals surface area contributed by atoms with E-state index in [0.717, 1.165) is 50.4 Å². The lowest BCUT2D eigenvalue weighted by molar-refractivity contribution is 0.120. The molecule has 0 heterocycles. The standard InChI is InChI=1S/C20H34N4O/c1-4-21-20(24-17-10-12-18(25)13-11-17)22-14-19(15(2)3)23-16-8-6-5-7-9-16/h5-9,15,17-19,23,25H,4,10-14H2,1-3H3,(H2,21,22,24). The fourth-order valence-corrected chi connectivity index (χ4v) is 3.09. The van der Waals surface area contributed by atoms with Crippen LogP contribution in [0.1, 0.15) is 46.5 Å². The number of aliphatic hydroxyl groups excluding tert-OH is 1. The minimum Gasteiger partial charge on any atom is -0.393 e. The fourth-order valence-electron chi connectivity index (χ4n) is 3.09.